The number of aliphatic hydroxyl groups excluding tert-OH is 1. The van der Waals surface area contributed by atoms with E-state index in [4.69, 9.17) is 18.9 Å². The zero-order chi connectivity index (χ0) is 10.4. The van der Waals surface area contributed by atoms with Crippen molar-refractivity contribution in [2.24, 2.45) is 0 Å². The fraction of sp³-hybridized carbons (Fsp3) is 0.778. The maximum Gasteiger partial charge on any atom is 0.147 e. The SMILES string of the molecule is COCO[C@H]1[C@H](O)C=C[C@@H]1OCOC. The Balaban J connectivity index is 2.35. The molecular formula is C9H16O5. The third kappa shape index (κ3) is 3.04. The third-order valence-electron chi connectivity index (χ3n) is 1.92. The Kier molecular flexibility index (Phi) is 5.06. The van der Waals surface area contributed by atoms with Gasteiger partial charge in [-0.05, 0) is 0 Å². The van der Waals surface area contributed by atoms with Gasteiger partial charge in [0, 0.05) is 14.2 Å². The molecule has 0 amide bonds. The average Bonchev–Trinajstić information content (AvgIpc) is 2.53. The molecule has 1 aliphatic rings. The van der Waals surface area contributed by atoms with E-state index >= 15 is 0 Å². The smallest absolute Gasteiger partial charge is 0.147 e. The summed E-state index contributed by atoms with van der Waals surface area (Å²) in [6.45, 7) is 0.310. The van der Waals surface area contributed by atoms with Gasteiger partial charge in [0.2, 0.25) is 0 Å². The molecule has 0 radical (unpaired) electrons. The van der Waals surface area contributed by atoms with Crippen LogP contribution in [0, 0.1) is 0 Å². The molecule has 0 aromatic heterocycles. The maximum absolute atomic E-state index is 9.50. The Bertz CT molecular complexity index is 182. The summed E-state index contributed by atoms with van der Waals surface area (Å²) in [6, 6.07) is 0. The van der Waals surface area contributed by atoms with E-state index in [0.29, 0.717) is 0 Å². The van der Waals surface area contributed by atoms with Crippen molar-refractivity contribution < 1.29 is 24.1 Å². The number of hydrogen-bond acceptors (Lipinski definition) is 5. The average molecular weight is 204 g/mol. The Morgan fingerprint density at radius 1 is 1.07 bits per heavy atom. The summed E-state index contributed by atoms with van der Waals surface area (Å²) in [6.07, 6.45) is 2.06. The normalized spacial score (nSPS) is 31.2. The maximum atomic E-state index is 9.50. The van der Waals surface area contributed by atoms with E-state index in [1.54, 1.807) is 19.3 Å². The summed E-state index contributed by atoms with van der Waals surface area (Å²) >= 11 is 0. The van der Waals surface area contributed by atoms with Crippen LogP contribution < -0.4 is 0 Å². The minimum Gasteiger partial charge on any atom is -0.386 e. The summed E-state index contributed by atoms with van der Waals surface area (Å²) in [5.41, 5.74) is 0. The number of methoxy groups -OCH3 is 2. The van der Waals surface area contributed by atoms with Gasteiger partial charge in [0.1, 0.15) is 31.9 Å². The molecule has 0 aromatic carbocycles. The largest absolute Gasteiger partial charge is 0.386 e. The Morgan fingerprint density at radius 2 is 1.71 bits per heavy atom. The molecule has 0 aromatic rings. The lowest BCUT2D eigenvalue weighted by Gasteiger charge is -2.22. The monoisotopic (exact) mass is 204 g/mol. The molecule has 0 aliphatic heterocycles. The van der Waals surface area contributed by atoms with Crippen molar-refractivity contribution in [3.63, 3.8) is 0 Å². The van der Waals surface area contributed by atoms with Gasteiger partial charge in [-0.25, -0.2) is 0 Å². The Labute approximate surface area is 83.2 Å². The van der Waals surface area contributed by atoms with Crippen LogP contribution in [0.15, 0.2) is 12.2 Å². The third-order valence-corrected chi connectivity index (χ3v) is 1.92. The summed E-state index contributed by atoms with van der Waals surface area (Å²) in [5, 5.41) is 9.50. The molecule has 0 saturated carbocycles. The molecule has 0 fully saturated rings. The minimum atomic E-state index is -0.646. The van der Waals surface area contributed by atoms with E-state index in [2.05, 4.69) is 0 Å². The van der Waals surface area contributed by atoms with Gasteiger partial charge in [0.25, 0.3) is 0 Å². The van der Waals surface area contributed by atoms with Crippen LogP contribution in [0.5, 0.6) is 0 Å². The number of ether oxygens (including phenoxy) is 4. The summed E-state index contributed by atoms with van der Waals surface area (Å²) in [5.74, 6) is 0. The highest BCUT2D eigenvalue weighted by Crippen LogP contribution is 2.18. The minimum absolute atomic E-state index is 0.135. The topological polar surface area (TPSA) is 57.2 Å². The number of rotatable bonds is 6. The van der Waals surface area contributed by atoms with Crippen molar-refractivity contribution in [2.75, 3.05) is 27.8 Å². The molecule has 1 aliphatic carbocycles. The molecule has 82 valence electrons. The Morgan fingerprint density at radius 3 is 2.36 bits per heavy atom. The molecule has 1 rings (SSSR count). The standard InChI is InChI=1S/C9H16O5/c1-11-5-13-8-4-3-7(10)9(8)14-6-12-2/h3-4,7-10H,5-6H2,1-2H3/t7-,8+,9+/m1/s1. The molecule has 5 heteroatoms. The molecule has 1 N–H and O–H groups in total. The fourth-order valence-corrected chi connectivity index (χ4v) is 1.27. The predicted octanol–water partition coefficient (Wildman–Crippen LogP) is -0.105. The van der Waals surface area contributed by atoms with Crippen LogP contribution in [-0.2, 0) is 18.9 Å². The first-order valence-electron chi connectivity index (χ1n) is 4.37. The molecule has 5 nitrogen and oxygen atoms in total. The summed E-state index contributed by atoms with van der Waals surface area (Å²) < 4.78 is 20.1. The highest BCUT2D eigenvalue weighted by atomic mass is 16.7. The van der Waals surface area contributed by atoms with Crippen LogP contribution in [0.2, 0.25) is 0 Å². The molecule has 0 bridgehead atoms. The van der Waals surface area contributed by atoms with Crippen LogP contribution in [0.25, 0.3) is 0 Å². The van der Waals surface area contributed by atoms with E-state index in [-0.39, 0.29) is 19.7 Å². The van der Waals surface area contributed by atoms with Gasteiger partial charge in [-0.1, -0.05) is 12.2 Å². The van der Waals surface area contributed by atoms with Crippen molar-refractivity contribution in [1.82, 2.24) is 0 Å². The van der Waals surface area contributed by atoms with E-state index in [9.17, 15) is 5.11 Å². The lowest BCUT2D eigenvalue weighted by atomic mass is 10.2. The van der Waals surface area contributed by atoms with Crippen molar-refractivity contribution in [1.29, 1.82) is 0 Å². The molecule has 14 heavy (non-hydrogen) atoms. The van der Waals surface area contributed by atoms with Gasteiger partial charge in [-0.3, -0.25) is 0 Å². The first-order valence-corrected chi connectivity index (χ1v) is 4.37. The van der Waals surface area contributed by atoms with Crippen molar-refractivity contribution in [2.45, 2.75) is 18.3 Å². The molecule has 0 spiro atoms. The second-order valence-electron chi connectivity index (χ2n) is 2.95. The molecule has 3 atom stereocenters. The van der Waals surface area contributed by atoms with E-state index < -0.39 is 12.2 Å². The second-order valence-corrected chi connectivity index (χ2v) is 2.95. The second kappa shape index (κ2) is 6.10. The molecule has 0 heterocycles. The van der Waals surface area contributed by atoms with E-state index in [1.165, 1.54) is 7.11 Å². The zero-order valence-corrected chi connectivity index (χ0v) is 8.38. The lowest BCUT2D eigenvalue weighted by Crippen LogP contribution is -2.35. The first-order chi connectivity index (χ1) is 6.79. The van der Waals surface area contributed by atoms with Gasteiger partial charge < -0.3 is 24.1 Å². The van der Waals surface area contributed by atoms with Crippen LogP contribution in [-0.4, -0.2) is 51.2 Å². The van der Waals surface area contributed by atoms with Crippen LogP contribution in [0.3, 0.4) is 0 Å². The first kappa shape index (κ1) is 11.6. The molecular weight excluding hydrogens is 188 g/mol. The fourth-order valence-electron chi connectivity index (χ4n) is 1.27. The quantitative estimate of drug-likeness (QED) is 0.483. The van der Waals surface area contributed by atoms with Crippen LogP contribution in [0.4, 0.5) is 0 Å². The highest BCUT2D eigenvalue weighted by Gasteiger charge is 2.32. The summed E-state index contributed by atoms with van der Waals surface area (Å²) in [7, 11) is 3.07. The van der Waals surface area contributed by atoms with Crippen molar-refractivity contribution >= 4 is 0 Å². The highest BCUT2D eigenvalue weighted by molar-refractivity contribution is 5.10. The van der Waals surface area contributed by atoms with Crippen molar-refractivity contribution in [3.8, 4) is 0 Å². The zero-order valence-electron chi connectivity index (χ0n) is 8.38. The summed E-state index contributed by atoms with van der Waals surface area (Å²) in [4.78, 5) is 0. The van der Waals surface area contributed by atoms with Crippen LogP contribution in [0.1, 0.15) is 0 Å². The van der Waals surface area contributed by atoms with Gasteiger partial charge in [0.15, 0.2) is 0 Å². The van der Waals surface area contributed by atoms with Gasteiger partial charge >= 0.3 is 0 Å². The molecule has 0 saturated heterocycles. The van der Waals surface area contributed by atoms with Gasteiger partial charge in [-0.15, -0.1) is 0 Å². The van der Waals surface area contributed by atoms with Crippen molar-refractivity contribution in [3.05, 3.63) is 12.2 Å². The van der Waals surface area contributed by atoms with Gasteiger partial charge in [0.05, 0.1) is 0 Å². The predicted molar refractivity (Wildman–Crippen MR) is 48.6 cm³/mol. The number of hydrogen-bond donors (Lipinski definition) is 1. The number of aliphatic hydroxyl groups is 1. The lowest BCUT2D eigenvalue weighted by molar-refractivity contribution is -0.158. The van der Waals surface area contributed by atoms with Gasteiger partial charge in [-0.2, -0.15) is 0 Å². The van der Waals surface area contributed by atoms with E-state index in [0.717, 1.165) is 0 Å². The molecule has 0 unspecified atom stereocenters. The van der Waals surface area contributed by atoms with Crippen LogP contribution >= 0.6 is 0 Å². The van der Waals surface area contributed by atoms with E-state index in [1.807, 2.05) is 0 Å². The Hall–Kier alpha value is -0.460.